The molecule has 1 aliphatic rings. The standard InChI is InChI=1S/C32H36N2O6/c1-8-40-26-12-10-25(11-13-26)34-20(2)17-24(21(34)3)19-27-30(32(36)39-7)22(4)33(31(27)35)16-15-23-9-14-28(37-5)29(18-23)38-6/h9-14,17-19H,8,15-16H2,1-7H3/b27-19-. The van der Waals surface area contributed by atoms with E-state index < -0.39 is 5.97 Å². The van der Waals surface area contributed by atoms with E-state index in [1.807, 2.05) is 69.3 Å². The van der Waals surface area contributed by atoms with Gasteiger partial charge in [0.25, 0.3) is 5.91 Å². The van der Waals surface area contributed by atoms with Gasteiger partial charge in [-0.25, -0.2) is 4.79 Å². The molecule has 0 fully saturated rings. The van der Waals surface area contributed by atoms with Gasteiger partial charge in [-0.15, -0.1) is 0 Å². The van der Waals surface area contributed by atoms with Gasteiger partial charge >= 0.3 is 5.97 Å². The summed E-state index contributed by atoms with van der Waals surface area (Å²) in [6.45, 7) is 8.74. The first-order chi connectivity index (χ1) is 19.2. The summed E-state index contributed by atoms with van der Waals surface area (Å²) >= 11 is 0. The van der Waals surface area contributed by atoms with Crippen molar-refractivity contribution in [3.05, 3.63) is 87.9 Å². The van der Waals surface area contributed by atoms with Gasteiger partial charge in [0.15, 0.2) is 11.5 Å². The van der Waals surface area contributed by atoms with Gasteiger partial charge in [-0.05, 0) is 93.8 Å². The van der Waals surface area contributed by atoms with Gasteiger partial charge in [0, 0.05) is 29.3 Å². The second-order valence-corrected chi connectivity index (χ2v) is 9.49. The van der Waals surface area contributed by atoms with Crippen LogP contribution in [0.5, 0.6) is 17.2 Å². The molecule has 3 aromatic rings. The van der Waals surface area contributed by atoms with E-state index in [1.165, 1.54) is 7.11 Å². The smallest absolute Gasteiger partial charge is 0.340 e. The minimum Gasteiger partial charge on any atom is -0.494 e. The van der Waals surface area contributed by atoms with Crippen LogP contribution < -0.4 is 14.2 Å². The molecule has 2 heterocycles. The summed E-state index contributed by atoms with van der Waals surface area (Å²) in [6, 6.07) is 15.6. The molecule has 1 aromatic heterocycles. The summed E-state index contributed by atoms with van der Waals surface area (Å²) < 4.78 is 23.5. The zero-order chi connectivity index (χ0) is 29.0. The number of carbonyl (C=O) groups is 2. The zero-order valence-corrected chi connectivity index (χ0v) is 24.2. The Balaban J connectivity index is 1.66. The molecule has 0 unspecified atom stereocenters. The first-order valence-electron chi connectivity index (χ1n) is 13.2. The SMILES string of the molecule is CCOc1ccc(-n2c(C)cc(/C=C3\C(=O)N(CCc4ccc(OC)c(OC)c4)C(C)=C3C(=O)OC)c2C)cc1. The first-order valence-corrected chi connectivity index (χ1v) is 13.2. The Morgan fingerprint density at radius 2 is 1.62 bits per heavy atom. The fourth-order valence-corrected chi connectivity index (χ4v) is 5.12. The van der Waals surface area contributed by atoms with Gasteiger partial charge in [-0.1, -0.05) is 6.07 Å². The van der Waals surface area contributed by atoms with Crippen LogP contribution in [0.4, 0.5) is 0 Å². The third kappa shape index (κ3) is 5.47. The number of hydrogen-bond acceptors (Lipinski definition) is 6. The quantitative estimate of drug-likeness (QED) is 0.250. The largest absolute Gasteiger partial charge is 0.494 e. The average Bonchev–Trinajstić information content (AvgIpc) is 3.37. The minimum absolute atomic E-state index is 0.232. The van der Waals surface area contributed by atoms with Crippen LogP contribution in [0.3, 0.4) is 0 Å². The van der Waals surface area contributed by atoms with Gasteiger partial charge in [0.1, 0.15) is 5.75 Å². The molecule has 8 heteroatoms. The predicted octanol–water partition coefficient (Wildman–Crippen LogP) is 5.43. The fourth-order valence-electron chi connectivity index (χ4n) is 5.12. The van der Waals surface area contributed by atoms with Gasteiger partial charge < -0.3 is 28.4 Å². The number of aromatic nitrogens is 1. The maximum absolute atomic E-state index is 13.7. The Morgan fingerprint density at radius 1 is 0.925 bits per heavy atom. The van der Waals surface area contributed by atoms with Crippen molar-refractivity contribution in [2.45, 2.75) is 34.1 Å². The lowest BCUT2D eigenvalue weighted by Gasteiger charge is -2.18. The number of esters is 1. The van der Waals surface area contributed by atoms with Crippen molar-refractivity contribution in [1.29, 1.82) is 0 Å². The number of ether oxygens (including phenoxy) is 4. The van der Waals surface area contributed by atoms with E-state index in [-0.39, 0.29) is 11.5 Å². The lowest BCUT2D eigenvalue weighted by molar-refractivity contribution is -0.136. The van der Waals surface area contributed by atoms with Crippen molar-refractivity contribution in [3.63, 3.8) is 0 Å². The van der Waals surface area contributed by atoms with Crippen molar-refractivity contribution < 1.29 is 28.5 Å². The van der Waals surface area contributed by atoms with Crippen molar-refractivity contribution in [1.82, 2.24) is 9.47 Å². The Bertz CT molecular complexity index is 1480. The highest BCUT2D eigenvalue weighted by Crippen LogP contribution is 2.34. The lowest BCUT2D eigenvalue weighted by Crippen LogP contribution is -2.27. The number of benzene rings is 2. The molecule has 0 spiro atoms. The first kappa shape index (κ1) is 28.5. The van der Waals surface area contributed by atoms with Crippen LogP contribution in [0.15, 0.2) is 65.4 Å². The van der Waals surface area contributed by atoms with E-state index in [0.717, 1.165) is 34.0 Å². The molecule has 210 valence electrons. The Labute approximate surface area is 235 Å². The molecule has 0 aliphatic carbocycles. The van der Waals surface area contributed by atoms with Crippen LogP contribution in [0.2, 0.25) is 0 Å². The van der Waals surface area contributed by atoms with Crippen molar-refractivity contribution in [2.24, 2.45) is 0 Å². The summed E-state index contributed by atoms with van der Waals surface area (Å²) in [6.07, 6.45) is 2.36. The highest BCUT2D eigenvalue weighted by Gasteiger charge is 2.37. The van der Waals surface area contributed by atoms with Crippen molar-refractivity contribution >= 4 is 18.0 Å². The maximum atomic E-state index is 13.7. The van der Waals surface area contributed by atoms with Crippen molar-refractivity contribution in [2.75, 3.05) is 34.5 Å². The number of carbonyl (C=O) groups excluding carboxylic acids is 2. The second kappa shape index (κ2) is 12.2. The Morgan fingerprint density at radius 3 is 2.25 bits per heavy atom. The average molecular weight is 545 g/mol. The molecule has 0 atom stereocenters. The van der Waals surface area contributed by atoms with Gasteiger partial charge in [-0.2, -0.15) is 0 Å². The molecule has 40 heavy (non-hydrogen) atoms. The maximum Gasteiger partial charge on any atom is 0.340 e. The molecule has 8 nitrogen and oxygen atoms in total. The van der Waals surface area contributed by atoms with E-state index in [1.54, 1.807) is 32.1 Å². The number of nitrogens with zero attached hydrogens (tertiary/aromatic N) is 2. The highest BCUT2D eigenvalue weighted by atomic mass is 16.5. The highest BCUT2D eigenvalue weighted by molar-refractivity contribution is 6.16. The van der Waals surface area contributed by atoms with E-state index in [9.17, 15) is 9.59 Å². The monoisotopic (exact) mass is 544 g/mol. The van der Waals surface area contributed by atoms with E-state index >= 15 is 0 Å². The molecule has 4 rings (SSSR count). The number of methoxy groups -OCH3 is 3. The number of amides is 1. The number of rotatable bonds is 10. The summed E-state index contributed by atoms with van der Waals surface area (Å²) in [7, 11) is 4.51. The van der Waals surface area contributed by atoms with Crippen LogP contribution >= 0.6 is 0 Å². The second-order valence-electron chi connectivity index (χ2n) is 9.49. The zero-order valence-electron chi connectivity index (χ0n) is 24.2. The van der Waals surface area contributed by atoms with E-state index in [0.29, 0.717) is 42.3 Å². The molecule has 1 aliphatic heterocycles. The van der Waals surface area contributed by atoms with Crippen LogP contribution in [-0.2, 0) is 20.7 Å². The van der Waals surface area contributed by atoms with Gasteiger partial charge in [0.2, 0.25) is 0 Å². The Kier molecular flexibility index (Phi) is 8.67. The fraction of sp³-hybridized carbons (Fsp3) is 0.312. The minimum atomic E-state index is -0.536. The Hall–Kier alpha value is -4.46. The van der Waals surface area contributed by atoms with Gasteiger partial charge in [0.05, 0.1) is 39.1 Å². The molecule has 1 amide bonds. The molecule has 0 bridgehead atoms. The van der Waals surface area contributed by atoms with Crippen LogP contribution in [-0.4, -0.2) is 55.8 Å². The summed E-state index contributed by atoms with van der Waals surface area (Å²) in [4.78, 5) is 28.2. The van der Waals surface area contributed by atoms with Crippen LogP contribution in [0.25, 0.3) is 11.8 Å². The summed E-state index contributed by atoms with van der Waals surface area (Å²) in [5.74, 6) is 1.30. The molecule has 2 aromatic carbocycles. The molecular formula is C32H36N2O6. The third-order valence-corrected chi connectivity index (χ3v) is 7.15. The molecular weight excluding hydrogens is 508 g/mol. The number of aryl methyl sites for hydroxylation is 1. The number of hydrogen-bond donors (Lipinski definition) is 0. The lowest BCUT2D eigenvalue weighted by atomic mass is 10.0. The predicted molar refractivity (Wildman–Crippen MR) is 154 cm³/mol. The normalized spacial score (nSPS) is 14.2. The third-order valence-electron chi connectivity index (χ3n) is 7.15. The molecule has 0 saturated carbocycles. The summed E-state index contributed by atoms with van der Waals surface area (Å²) in [5, 5.41) is 0. The number of allylic oxidation sites excluding steroid dienone is 1. The van der Waals surface area contributed by atoms with Crippen molar-refractivity contribution in [3.8, 4) is 22.9 Å². The van der Waals surface area contributed by atoms with Crippen LogP contribution in [0.1, 0.15) is 36.4 Å². The van der Waals surface area contributed by atoms with E-state index in [4.69, 9.17) is 18.9 Å². The molecule has 0 radical (unpaired) electrons. The van der Waals surface area contributed by atoms with Crippen LogP contribution in [0, 0.1) is 13.8 Å². The molecule has 0 saturated heterocycles. The molecule has 0 N–H and O–H groups in total. The van der Waals surface area contributed by atoms with Gasteiger partial charge in [-0.3, -0.25) is 4.79 Å². The van der Waals surface area contributed by atoms with E-state index in [2.05, 4.69) is 4.57 Å². The summed E-state index contributed by atoms with van der Waals surface area (Å²) in [5.41, 5.74) is 5.95. The topological polar surface area (TPSA) is 79.2 Å².